The molecule has 30 heavy (non-hydrogen) atoms. The van der Waals surface area contributed by atoms with Gasteiger partial charge in [-0.15, -0.1) is 11.8 Å². The van der Waals surface area contributed by atoms with Gasteiger partial charge in [0.25, 0.3) is 5.91 Å². The number of amides is 2. The second-order valence-electron chi connectivity index (χ2n) is 6.64. The van der Waals surface area contributed by atoms with Crippen molar-refractivity contribution in [1.29, 1.82) is 0 Å². The van der Waals surface area contributed by atoms with Crippen molar-refractivity contribution in [3.8, 4) is 5.75 Å². The fourth-order valence-electron chi connectivity index (χ4n) is 2.95. The van der Waals surface area contributed by atoms with Crippen LogP contribution in [0, 0.1) is 0 Å². The molecule has 0 saturated heterocycles. The summed E-state index contributed by atoms with van der Waals surface area (Å²) >= 11 is 4.92. The first-order chi connectivity index (χ1) is 14.5. The highest BCUT2D eigenvalue weighted by Gasteiger charge is 2.18. The number of carbonyl (C=O) groups excluding carboxylic acids is 2. The predicted molar refractivity (Wildman–Crippen MR) is 122 cm³/mol. The zero-order chi connectivity index (χ0) is 21.5. The normalized spacial score (nSPS) is 13.4. The molecule has 1 aliphatic heterocycles. The van der Waals surface area contributed by atoms with Crippen LogP contribution in [0.1, 0.15) is 18.1 Å². The predicted octanol–water partition coefficient (Wildman–Crippen LogP) is 4.25. The van der Waals surface area contributed by atoms with Crippen molar-refractivity contribution in [1.82, 2.24) is 5.32 Å². The lowest BCUT2D eigenvalue weighted by molar-refractivity contribution is -0.120. The van der Waals surface area contributed by atoms with E-state index >= 15 is 0 Å². The van der Waals surface area contributed by atoms with E-state index in [9.17, 15) is 9.59 Å². The summed E-state index contributed by atoms with van der Waals surface area (Å²) < 4.78 is 11.7. The van der Waals surface area contributed by atoms with Crippen LogP contribution in [0.4, 0.5) is 5.69 Å². The summed E-state index contributed by atoms with van der Waals surface area (Å²) in [6.07, 6.45) is 0.249. The van der Waals surface area contributed by atoms with Gasteiger partial charge in [-0.05, 0) is 42.8 Å². The monoisotopic (exact) mass is 490 g/mol. The molecule has 2 aromatic rings. The number of allylic oxidation sites excluding steroid dienone is 1. The molecule has 0 radical (unpaired) electrons. The summed E-state index contributed by atoms with van der Waals surface area (Å²) in [5.74, 6) is 1.88. The third-order valence-electron chi connectivity index (χ3n) is 4.47. The van der Waals surface area contributed by atoms with Crippen molar-refractivity contribution < 1.29 is 19.1 Å². The van der Waals surface area contributed by atoms with Gasteiger partial charge in [0.15, 0.2) is 0 Å². The van der Waals surface area contributed by atoms with E-state index in [1.807, 2.05) is 30.3 Å². The molecular weight excluding hydrogens is 468 g/mol. The number of halogens is 1. The van der Waals surface area contributed by atoms with Gasteiger partial charge in [0.2, 0.25) is 5.91 Å². The molecule has 3 rings (SSSR count). The molecule has 0 aromatic heterocycles. The maximum Gasteiger partial charge on any atom is 0.265 e. The summed E-state index contributed by atoms with van der Waals surface area (Å²) in [6.45, 7) is 2.80. The van der Waals surface area contributed by atoms with E-state index in [4.69, 9.17) is 9.47 Å². The SMILES string of the molecule is COc1ccc(Br)cc1CNC(=O)Cc1ccc(NC(=O)C2=C(C)OCCS2)cc1. The van der Waals surface area contributed by atoms with Crippen molar-refractivity contribution in [3.05, 3.63) is 68.7 Å². The molecule has 1 heterocycles. The number of nitrogens with one attached hydrogen (secondary N) is 2. The summed E-state index contributed by atoms with van der Waals surface area (Å²) in [4.78, 5) is 25.3. The molecule has 2 N–H and O–H groups in total. The third kappa shape index (κ3) is 6.03. The molecule has 0 fully saturated rings. The lowest BCUT2D eigenvalue weighted by Crippen LogP contribution is -2.24. The van der Waals surface area contributed by atoms with Crippen LogP contribution in [-0.2, 0) is 27.3 Å². The van der Waals surface area contributed by atoms with E-state index in [0.29, 0.717) is 29.5 Å². The number of ether oxygens (including phenoxy) is 2. The first-order valence-electron chi connectivity index (χ1n) is 9.42. The molecule has 0 aliphatic carbocycles. The lowest BCUT2D eigenvalue weighted by Gasteiger charge is -2.17. The largest absolute Gasteiger partial charge is 0.496 e. The molecule has 0 unspecified atom stereocenters. The topological polar surface area (TPSA) is 76.7 Å². The van der Waals surface area contributed by atoms with Crippen LogP contribution in [0.3, 0.4) is 0 Å². The Morgan fingerprint density at radius 3 is 2.67 bits per heavy atom. The number of anilines is 1. The van der Waals surface area contributed by atoms with Gasteiger partial charge in [-0.1, -0.05) is 28.1 Å². The van der Waals surface area contributed by atoms with Gasteiger partial charge in [0.05, 0.1) is 20.1 Å². The minimum atomic E-state index is -0.175. The molecule has 2 amide bonds. The van der Waals surface area contributed by atoms with Gasteiger partial charge in [-0.25, -0.2) is 0 Å². The fourth-order valence-corrected chi connectivity index (χ4v) is 4.18. The van der Waals surface area contributed by atoms with Crippen LogP contribution in [0.2, 0.25) is 0 Å². The summed E-state index contributed by atoms with van der Waals surface area (Å²) in [5.41, 5.74) is 2.43. The van der Waals surface area contributed by atoms with Crippen LogP contribution < -0.4 is 15.4 Å². The standard InChI is InChI=1S/C22H23BrN2O4S/c1-14-21(30-10-9-29-14)22(27)25-18-6-3-15(4-7-18)11-20(26)24-13-16-12-17(23)5-8-19(16)28-2/h3-8,12H,9-11,13H2,1-2H3,(H,24,26)(H,25,27). The minimum Gasteiger partial charge on any atom is -0.496 e. The average molecular weight is 491 g/mol. The maximum absolute atomic E-state index is 12.4. The highest BCUT2D eigenvalue weighted by molar-refractivity contribution is 9.10. The molecule has 158 valence electrons. The van der Waals surface area contributed by atoms with E-state index in [1.54, 1.807) is 26.2 Å². The van der Waals surface area contributed by atoms with Crippen molar-refractivity contribution in [2.45, 2.75) is 19.9 Å². The van der Waals surface area contributed by atoms with E-state index in [1.165, 1.54) is 11.8 Å². The molecule has 0 saturated carbocycles. The minimum absolute atomic E-state index is 0.0923. The Bertz CT molecular complexity index is 960. The van der Waals surface area contributed by atoms with Crippen molar-refractivity contribution >= 4 is 45.2 Å². The molecule has 6 nitrogen and oxygen atoms in total. The quantitative estimate of drug-likeness (QED) is 0.606. The Hall–Kier alpha value is -2.45. The number of rotatable bonds is 7. The Labute approximate surface area is 188 Å². The maximum atomic E-state index is 12.4. The van der Waals surface area contributed by atoms with Gasteiger partial charge >= 0.3 is 0 Å². The van der Waals surface area contributed by atoms with Gasteiger partial charge in [0.1, 0.15) is 16.4 Å². The molecule has 1 aliphatic rings. The Morgan fingerprint density at radius 1 is 1.20 bits per heavy atom. The molecule has 2 aromatic carbocycles. The number of benzene rings is 2. The van der Waals surface area contributed by atoms with E-state index in [0.717, 1.165) is 27.1 Å². The average Bonchev–Trinajstić information content (AvgIpc) is 2.74. The van der Waals surface area contributed by atoms with Gasteiger partial charge in [-0.3, -0.25) is 9.59 Å². The van der Waals surface area contributed by atoms with Gasteiger partial charge in [0, 0.05) is 28.0 Å². The third-order valence-corrected chi connectivity index (χ3v) is 6.09. The zero-order valence-corrected chi connectivity index (χ0v) is 19.2. The first kappa shape index (κ1) is 22.2. The molecule has 0 spiro atoms. The first-order valence-corrected chi connectivity index (χ1v) is 11.2. The Morgan fingerprint density at radius 2 is 1.97 bits per heavy atom. The summed E-state index contributed by atoms with van der Waals surface area (Å²) in [6, 6.07) is 12.9. The zero-order valence-electron chi connectivity index (χ0n) is 16.8. The van der Waals surface area contributed by atoms with Crippen LogP contribution in [0.25, 0.3) is 0 Å². The van der Waals surface area contributed by atoms with Crippen molar-refractivity contribution in [3.63, 3.8) is 0 Å². The summed E-state index contributed by atoms with van der Waals surface area (Å²) in [5, 5.41) is 5.78. The van der Waals surface area contributed by atoms with Crippen LogP contribution >= 0.6 is 27.7 Å². The van der Waals surface area contributed by atoms with E-state index < -0.39 is 0 Å². The second kappa shape index (κ2) is 10.5. The highest BCUT2D eigenvalue weighted by Crippen LogP contribution is 2.27. The van der Waals surface area contributed by atoms with Crippen molar-refractivity contribution in [2.75, 3.05) is 24.8 Å². The second-order valence-corrected chi connectivity index (χ2v) is 8.66. The van der Waals surface area contributed by atoms with Crippen molar-refractivity contribution in [2.24, 2.45) is 0 Å². The van der Waals surface area contributed by atoms with E-state index in [2.05, 4.69) is 26.6 Å². The van der Waals surface area contributed by atoms with Crippen LogP contribution in [0.15, 0.2) is 57.6 Å². The number of hydrogen-bond donors (Lipinski definition) is 2. The molecule has 8 heteroatoms. The number of hydrogen-bond acceptors (Lipinski definition) is 5. The molecular formula is C22H23BrN2O4S. The number of thioether (sulfide) groups is 1. The Balaban J connectivity index is 1.53. The highest BCUT2D eigenvalue weighted by atomic mass is 79.9. The number of carbonyl (C=O) groups is 2. The van der Waals surface area contributed by atoms with Crippen LogP contribution in [0.5, 0.6) is 5.75 Å². The molecule has 0 atom stereocenters. The smallest absolute Gasteiger partial charge is 0.265 e. The fraction of sp³-hybridized carbons (Fsp3) is 0.273. The van der Waals surface area contributed by atoms with Gasteiger partial charge < -0.3 is 20.1 Å². The summed E-state index contributed by atoms with van der Waals surface area (Å²) in [7, 11) is 1.60. The lowest BCUT2D eigenvalue weighted by atomic mass is 10.1. The van der Waals surface area contributed by atoms with Gasteiger partial charge in [-0.2, -0.15) is 0 Å². The Kier molecular flexibility index (Phi) is 7.81. The van der Waals surface area contributed by atoms with Crippen LogP contribution in [-0.4, -0.2) is 31.3 Å². The number of methoxy groups -OCH3 is 1. The van der Waals surface area contributed by atoms with E-state index in [-0.39, 0.29) is 18.2 Å². The molecule has 0 bridgehead atoms.